The number of aromatic nitrogens is 2. The van der Waals surface area contributed by atoms with Crippen molar-refractivity contribution in [2.45, 2.75) is 0 Å². The predicted molar refractivity (Wildman–Crippen MR) is 274 cm³/mol. The summed E-state index contributed by atoms with van der Waals surface area (Å²) in [4.78, 5) is 2.37. The Kier molecular flexibility index (Phi) is 8.40. The number of anilines is 3. The summed E-state index contributed by atoms with van der Waals surface area (Å²) in [6, 6.07) is 86.2. The van der Waals surface area contributed by atoms with Gasteiger partial charge in [0.2, 0.25) is 0 Å². The minimum absolute atomic E-state index is 1.11. The summed E-state index contributed by atoms with van der Waals surface area (Å²) in [6.07, 6.45) is 0. The van der Waals surface area contributed by atoms with Crippen LogP contribution in [0.3, 0.4) is 0 Å². The molecule has 0 amide bonds. The van der Waals surface area contributed by atoms with E-state index in [0.29, 0.717) is 0 Å². The second-order valence-corrected chi connectivity index (χ2v) is 17.6. The van der Waals surface area contributed by atoms with E-state index < -0.39 is 0 Å². The monoisotopic (exact) mass is 833 g/mol. The Morgan fingerprint density at radius 2 is 0.766 bits per heavy atom. The van der Waals surface area contributed by atoms with E-state index in [1.54, 1.807) is 0 Å². The van der Waals surface area contributed by atoms with Crippen molar-refractivity contribution < 1.29 is 0 Å². The first-order valence-corrected chi connectivity index (χ1v) is 22.7. The number of thiophene rings is 1. The van der Waals surface area contributed by atoms with Gasteiger partial charge < -0.3 is 14.0 Å². The molecule has 4 heteroatoms. The molecular formula is C60H39N3S. The van der Waals surface area contributed by atoms with Crippen molar-refractivity contribution in [2.75, 3.05) is 4.90 Å². The van der Waals surface area contributed by atoms with Crippen LogP contribution in [-0.2, 0) is 0 Å². The minimum Gasteiger partial charge on any atom is -0.310 e. The van der Waals surface area contributed by atoms with Crippen molar-refractivity contribution in [3.05, 3.63) is 237 Å². The molecule has 0 atom stereocenters. The topological polar surface area (TPSA) is 13.1 Å². The summed E-state index contributed by atoms with van der Waals surface area (Å²) in [6.45, 7) is 0. The third kappa shape index (κ3) is 5.81. The standard InChI is InChI=1S/C60H39N3S/c1-4-15-43(16-5-1)61(47-33-35-58-53(39-47)50-22-11-13-26-56(50)63(58)45-19-8-3-9-20-45)46-31-27-40(28-32-46)48-23-14-24-51-54-38-42(30-36-59(54)64-60(48)51)41-29-34-57-52(37-41)49-21-10-12-25-55(49)62(57)44-17-6-2-7-18-44/h1-39H. The number of hydrogen-bond donors (Lipinski definition) is 0. The molecule has 3 aromatic heterocycles. The molecule has 0 fully saturated rings. The van der Waals surface area contributed by atoms with Crippen molar-refractivity contribution in [3.63, 3.8) is 0 Å². The van der Waals surface area contributed by atoms with E-state index in [1.165, 1.54) is 91.7 Å². The van der Waals surface area contributed by atoms with Gasteiger partial charge in [0.25, 0.3) is 0 Å². The first-order valence-electron chi connectivity index (χ1n) is 21.8. The van der Waals surface area contributed by atoms with Crippen LogP contribution in [0.25, 0.3) is 97.4 Å². The van der Waals surface area contributed by atoms with Gasteiger partial charge in [-0.05, 0) is 125 Å². The summed E-state index contributed by atoms with van der Waals surface area (Å²) in [5.41, 5.74) is 15.4. The normalized spacial score (nSPS) is 11.8. The van der Waals surface area contributed by atoms with E-state index in [0.717, 1.165) is 22.7 Å². The van der Waals surface area contributed by atoms with Crippen molar-refractivity contribution in [3.8, 4) is 33.6 Å². The molecule has 0 saturated carbocycles. The summed E-state index contributed by atoms with van der Waals surface area (Å²) in [5, 5.41) is 7.58. The molecule has 0 aliphatic heterocycles. The number of nitrogens with zero attached hydrogens (tertiary/aromatic N) is 3. The third-order valence-electron chi connectivity index (χ3n) is 12.9. The van der Waals surface area contributed by atoms with Gasteiger partial charge in [-0.2, -0.15) is 0 Å². The van der Waals surface area contributed by atoms with E-state index in [2.05, 4.69) is 251 Å². The van der Waals surface area contributed by atoms with Crippen LogP contribution in [0.15, 0.2) is 237 Å². The van der Waals surface area contributed by atoms with E-state index >= 15 is 0 Å². The van der Waals surface area contributed by atoms with Crippen LogP contribution in [0.1, 0.15) is 0 Å². The van der Waals surface area contributed by atoms with Gasteiger partial charge in [0.1, 0.15) is 0 Å². The second-order valence-electron chi connectivity index (χ2n) is 16.5. The van der Waals surface area contributed by atoms with Gasteiger partial charge in [-0.1, -0.05) is 133 Å². The first kappa shape index (κ1) is 36.5. The van der Waals surface area contributed by atoms with E-state index in [1.807, 2.05) is 11.3 Å². The zero-order chi connectivity index (χ0) is 42.1. The number of fused-ring (bicyclic) bond motifs is 9. The largest absolute Gasteiger partial charge is 0.310 e. The molecule has 64 heavy (non-hydrogen) atoms. The molecule has 0 saturated heterocycles. The molecule has 0 bridgehead atoms. The summed E-state index contributed by atoms with van der Waals surface area (Å²) < 4.78 is 7.35. The average molecular weight is 834 g/mol. The zero-order valence-electron chi connectivity index (χ0n) is 34.8. The predicted octanol–water partition coefficient (Wildman–Crippen LogP) is 17.1. The number of para-hydroxylation sites is 5. The molecule has 300 valence electrons. The van der Waals surface area contributed by atoms with Gasteiger partial charge in [-0.3, -0.25) is 0 Å². The molecule has 0 radical (unpaired) electrons. The van der Waals surface area contributed by atoms with E-state index in [-0.39, 0.29) is 0 Å². The maximum absolute atomic E-state index is 2.39. The van der Waals surface area contributed by atoms with Crippen LogP contribution in [0.5, 0.6) is 0 Å². The molecule has 0 N–H and O–H groups in total. The van der Waals surface area contributed by atoms with Crippen LogP contribution in [0.2, 0.25) is 0 Å². The molecule has 0 spiro atoms. The zero-order valence-corrected chi connectivity index (χ0v) is 35.6. The Balaban J connectivity index is 0.882. The van der Waals surface area contributed by atoms with Gasteiger partial charge in [0.05, 0.1) is 22.1 Å². The Morgan fingerprint density at radius 3 is 1.42 bits per heavy atom. The van der Waals surface area contributed by atoms with Gasteiger partial charge in [-0.25, -0.2) is 0 Å². The highest BCUT2D eigenvalue weighted by Gasteiger charge is 2.19. The van der Waals surface area contributed by atoms with Crippen molar-refractivity contribution >= 4 is 92.2 Å². The molecule has 13 aromatic rings. The molecule has 0 unspecified atom stereocenters. The number of rotatable bonds is 7. The molecule has 13 rings (SSSR count). The highest BCUT2D eigenvalue weighted by atomic mass is 32.1. The third-order valence-corrected chi connectivity index (χ3v) is 14.1. The Bertz CT molecular complexity index is 3880. The highest BCUT2D eigenvalue weighted by molar-refractivity contribution is 7.26. The summed E-state index contributed by atoms with van der Waals surface area (Å²) in [5.74, 6) is 0. The molecule has 0 aliphatic rings. The quantitative estimate of drug-likeness (QED) is 0.156. The lowest BCUT2D eigenvalue weighted by atomic mass is 9.99. The number of benzene rings is 10. The van der Waals surface area contributed by atoms with Crippen molar-refractivity contribution in [1.82, 2.24) is 9.13 Å². The fourth-order valence-corrected chi connectivity index (χ4v) is 11.2. The number of hydrogen-bond acceptors (Lipinski definition) is 2. The maximum Gasteiger partial charge on any atom is 0.0542 e. The second kappa shape index (κ2) is 14.7. The first-order chi connectivity index (χ1) is 31.7. The fourth-order valence-electron chi connectivity index (χ4n) is 9.98. The van der Waals surface area contributed by atoms with Crippen LogP contribution in [0.4, 0.5) is 17.1 Å². The highest BCUT2D eigenvalue weighted by Crippen LogP contribution is 2.44. The minimum atomic E-state index is 1.11. The van der Waals surface area contributed by atoms with Gasteiger partial charge in [-0.15, -0.1) is 11.3 Å². The van der Waals surface area contributed by atoms with E-state index in [9.17, 15) is 0 Å². The molecular weight excluding hydrogens is 795 g/mol. The van der Waals surface area contributed by atoms with Crippen LogP contribution in [-0.4, -0.2) is 9.13 Å². The Morgan fingerprint density at radius 1 is 0.297 bits per heavy atom. The maximum atomic E-state index is 2.39. The van der Waals surface area contributed by atoms with Crippen molar-refractivity contribution in [2.24, 2.45) is 0 Å². The molecule has 0 aliphatic carbocycles. The lowest BCUT2D eigenvalue weighted by Gasteiger charge is -2.26. The van der Waals surface area contributed by atoms with Crippen LogP contribution < -0.4 is 4.90 Å². The summed E-state index contributed by atoms with van der Waals surface area (Å²) in [7, 11) is 0. The Labute approximate surface area is 374 Å². The SMILES string of the molecule is c1ccc(N(c2ccc(-c3cccc4c3sc3ccc(-c5ccc6c(c5)c5ccccc5n6-c5ccccc5)cc34)cc2)c2ccc3c(c2)c2ccccc2n3-c2ccccc2)cc1. The molecule has 3 heterocycles. The summed E-state index contributed by atoms with van der Waals surface area (Å²) >= 11 is 1.88. The smallest absolute Gasteiger partial charge is 0.0542 e. The van der Waals surface area contributed by atoms with Gasteiger partial charge >= 0.3 is 0 Å². The average Bonchev–Trinajstić information content (AvgIpc) is 4.02. The van der Waals surface area contributed by atoms with Crippen LogP contribution >= 0.6 is 11.3 Å². The Hall–Kier alpha value is -8.18. The van der Waals surface area contributed by atoms with Crippen LogP contribution in [0, 0.1) is 0 Å². The molecule has 3 nitrogen and oxygen atoms in total. The lowest BCUT2D eigenvalue weighted by molar-refractivity contribution is 1.18. The fraction of sp³-hybridized carbons (Fsp3) is 0. The van der Waals surface area contributed by atoms with Gasteiger partial charge in [0.15, 0.2) is 0 Å². The van der Waals surface area contributed by atoms with Crippen molar-refractivity contribution in [1.29, 1.82) is 0 Å². The lowest BCUT2D eigenvalue weighted by Crippen LogP contribution is -2.09. The van der Waals surface area contributed by atoms with Gasteiger partial charge in [0, 0.05) is 70.2 Å². The van der Waals surface area contributed by atoms with E-state index in [4.69, 9.17) is 0 Å². The molecule has 10 aromatic carbocycles.